The van der Waals surface area contributed by atoms with Gasteiger partial charge >= 0.3 is 6.09 Å². The van der Waals surface area contributed by atoms with E-state index >= 15 is 0 Å². The zero-order valence-electron chi connectivity index (χ0n) is 16.8. The number of hydrogen-bond donors (Lipinski definition) is 2. The number of hydrogen-bond acceptors (Lipinski definition) is 2. The molecule has 1 aromatic rings. The molecule has 2 N–H and O–H groups in total. The molecule has 1 fully saturated rings. The van der Waals surface area contributed by atoms with Crippen molar-refractivity contribution < 1.29 is 14.7 Å². The van der Waals surface area contributed by atoms with Crippen molar-refractivity contribution in [3.05, 3.63) is 29.3 Å². The quantitative estimate of drug-likeness (QED) is 0.811. The molecule has 0 aromatic heterocycles. The van der Waals surface area contributed by atoms with E-state index in [4.69, 9.17) is 0 Å². The summed E-state index contributed by atoms with van der Waals surface area (Å²) in [5.74, 6) is 0.122. The molecule has 0 unspecified atom stereocenters. The molecule has 2 amide bonds. The lowest BCUT2D eigenvalue weighted by Gasteiger charge is -2.53. The van der Waals surface area contributed by atoms with Gasteiger partial charge in [0.2, 0.25) is 0 Å². The van der Waals surface area contributed by atoms with Crippen LogP contribution in [0.3, 0.4) is 0 Å². The van der Waals surface area contributed by atoms with Crippen molar-refractivity contribution in [2.24, 2.45) is 11.3 Å². The van der Waals surface area contributed by atoms with Crippen LogP contribution in [-0.2, 0) is 4.79 Å². The molecule has 144 valence electrons. The second-order valence-corrected chi connectivity index (χ2v) is 8.53. The molecule has 1 aromatic carbocycles. The van der Waals surface area contributed by atoms with Crippen molar-refractivity contribution in [3.63, 3.8) is 0 Å². The molecule has 26 heavy (non-hydrogen) atoms. The van der Waals surface area contributed by atoms with E-state index < -0.39 is 17.0 Å². The van der Waals surface area contributed by atoms with Crippen LogP contribution in [0.4, 0.5) is 10.5 Å². The summed E-state index contributed by atoms with van der Waals surface area (Å²) in [5, 5.41) is 12.9. The van der Waals surface area contributed by atoms with E-state index in [1.807, 2.05) is 52.8 Å². The number of carboxylic acid groups (broad SMARTS) is 1. The maximum absolute atomic E-state index is 13.6. The Bertz CT molecular complexity index is 673. The Labute approximate surface area is 156 Å². The summed E-state index contributed by atoms with van der Waals surface area (Å²) in [7, 11) is 0. The first-order valence-corrected chi connectivity index (χ1v) is 9.42. The number of carbonyl (C=O) groups excluding carboxylic acids is 1. The number of nitrogens with zero attached hydrogens (tertiary/aromatic N) is 1. The number of aryl methyl sites for hydroxylation is 2. The maximum Gasteiger partial charge on any atom is 0.408 e. The highest BCUT2D eigenvalue weighted by atomic mass is 16.4. The van der Waals surface area contributed by atoms with E-state index in [-0.39, 0.29) is 5.91 Å². The van der Waals surface area contributed by atoms with E-state index in [2.05, 4.69) is 12.2 Å². The van der Waals surface area contributed by atoms with Crippen LogP contribution in [0.5, 0.6) is 0 Å². The molecule has 0 bridgehead atoms. The molecular formula is C21H32N2O3. The summed E-state index contributed by atoms with van der Waals surface area (Å²) in [5.41, 5.74) is 1.12. The van der Waals surface area contributed by atoms with Gasteiger partial charge in [-0.25, -0.2) is 4.79 Å². The molecule has 5 nitrogen and oxygen atoms in total. The molecule has 2 atom stereocenters. The first kappa shape index (κ1) is 20.3. The van der Waals surface area contributed by atoms with Gasteiger partial charge in [-0.2, -0.15) is 0 Å². The Morgan fingerprint density at radius 2 is 1.85 bits per heavy atom. The molecule has 1 saturated heterocycles. The van der Waals surface area contributed by atoms with Crippen LogP contribution in [-0.4, -0.2) is 34.1 Å². The number of piperidine rings is 1. The van der Waals surface area contributed by atoms with Crippen molar-refractivity contribution in [3.8, 4) is 0 Å². The van der Waals surface area contributed by atoms with Crippen LogP contribution in [0.1, 0.15) is 58.1 Å². The lowest BCUT2D eigenvalue weighted by Crippen LogP contribution is -2.68. The molecule has 1 aliphatic heterocycles. The number of likely N-dealkylation sites (tertiary alicyclic amines) is 1. The lowest BCUT2D eigenvalue weighted by molar-refractivity contribution is -0.140. The van der Waals surface area contributed by atoms with Gasteiger partial charge in [0.25, 0.3) is 5.91 Å². The Balaban J connectivity index is 2.53. The van der Waals surface area contributed by atoms with Crippen LogP contribution in [0.25, 0.3) is 0 Å². The van der Waals surface area contributed by atoms with Gasteiger partial charge in [0.05, 0.1) is 0 Å². The van der Waals surface area contributed by atoms with Gasteiger partial charge in [-0.1, -0.05) is 52.3 Å². The standard InChI is InChI=1S/C21H32N2O3/c1-7-16-11-12-23(19(25)26)21(13-16,20(4,5)6)18(24)22-17-14(2)9-8-10-15(17)3/h8-10,16H,7,11-13H2,1-6H3,(H,22,24)(H,25,26)/t16-,21-/m1/s1. The minimum absolute atomic E-state index is 0.219. The van der Waals surface area contributed by atoms with Crippen LogP contribution in [0.15, 0.2) is 18.2 Å². The topological polar surface area (TPSA) is 69.6 Å². The highest BCUT2D eigenvalue weighted by Gasteiger charge is 2.57. The van der Waals surface area contributed by atoms with Crippen LogP contribution in [0.2, 0.25) is 0 Å². The summed E-state index contributed by atoms with van der Waals surface area (Å²) in [6.45, 7) is 12.3. The molecule has 5 heteroatoms. The molecule has 2 rings (SSSR count). The fourth-order valence-corrected chi connectivity index (χ4v) is 4.24. The average Bonchev–Trinajstić information content (AvgIpc) is 2.56. The van der Waals surface area contributed by atoms with Crippen molar-refractivity contribution in [1.29, 1.82) is 0 Å². The van der Waals surface area contributed by atoms with E-state index in [1.54, 1.807) is 0 Å². The summed E-state index contributed by atoms with van der Waals surface area (Å²) in [6.07, 6.45) is 1.28. The number of benzene rings is 1. The van der Waals surface area contributed by atoms with E-state index in [0.29, 0.717) is 18.9 Å². The number of anilines is 1. The maximum atomic E-state index is 13.6. The number of amides is 2. The zero-order valence-corrected chi connectivity index (χ0v) is 16.8. The predicted molar refractivity (Wildman–Crippen MR) is 104 cm³/mol. The Morgan fingerprint density at radius 3 is 2.31 bits per heavy atom. The van der Waals surface area contributed by atoms with Crippen molar-refractivity contribution in [1.82, 2.24) is 4.90 Å². The normalized spacial score (nSPS) is 23.6. The number of para-hydroxylation sites is 1. The Hall–Kier alpha value is -2.04. The number of nitrogens with one attached hydrogen (secondary N) is 1. The molecular weight excluding hydrogens is 328 g/mol. The average molecular weight is 360 g/mol. The van der Waals surface area contributed by atoms with Gasteiger partial charge in [-0.3, -0.25) is 9.69 Å². The first-order valence-electron chi connectivity index (χ1n) is 9.42. The summed E-state index contributed by atoms with van der Waals surface area (Å²) >= 11 is 0. The lowest BCUT2D eigenvalue weighted by atomic mass is 9.64. The van der Waals surface area contributed by atoms with Gasteiger partial charge in [-0.15, -0.1) is 0 Å². The van der Waals surface area contributed by atoms with Gasteiger partial charge < -0.3 is 10.4 Å². The van der Waals surface area contributed by atoms with Gasteiger partial charge in [0, 0.05) is 12.2 Å². The second-order valence-electron chi connectivity index (χ2n) is 8.53. The third kappa shape index (κ3) is 3.44. The summed E-state index contributed by atoms with van der Waals surface area (Å²) in [6, 6.07) is 5.87. The highest BCUT2D eigenvalue weighted by Crippen LogP contribution is 2.46. The monoisotopic (exact) mass is 360 g/mol. The first-order chi connectivity index (χ1) is 12.0. The predicted octanol–water partition coefficient (Wildman–Crippen LogP) is 4.83. The molecule has 0 saturated carbocycles. The highest BCUT2D eigenvalue weighted by molar-refractivity contribution is 6.01. The Morgan fingerprint density at radius 1 is 1.27 bits per heavy atom. The fourth-order valence-electron chi connectivity index (χ4n) is 4.24. The van der Waals surface area contributed by atoms with Crippen LogP contribution < -0.4 is 5.32 Å². The third-order valence-electron chi connectivity index (χ3n) is 5.95. The van der Waals surface area contributed by atoms with Crippen LogP contribution in [0, 0.1) is 25.2 Å². The largest absolute Gasteiger partial charge is 0.465 e. The van der Waals surface area contributed by atoms with E-state index in [0.717, 1.165) is 29.7 Å². The summed E-state index contributed by atoms with van der Waals surface area (Å²) < 4.78 is 0. The smallest absolute Gasteiger partial charge is 0.408 e. The van der Waals surface area contributed by atoms with Crippen molar-refractivity contribution in [2.45, 2.75) is 66.3 Å². The molecule has 1 aliphatic rings. The van der Waals surface area contributed by atoms with Crippen LogP contribution >= 0.6 is 0 Å². The molecule has 0 aliphatic carbocycles. The minimum Gasteiger partial charge on any atom is -0.465 e. The molecule has 1 heterocycles. The summed E-state index contributed by atoms with van der Waals surface area (Å²) in [4.78, 5) is 27.0. The SMILES string of the molecule is CC[C@@H]1CCN(C(=O)O)[C@](C(=O)Nc2c(C)cccc2C)(C(C)(C)C)C1. The second kappa shape index (κ2) is 7.29. The molecule has 0 radical (unpaired) electrons. The van der Waals surface area contributed by atoms with E-state index in [9.17, 15) is 14.7 Å². The van der Waals surface area contributed by atoms with E-state index in [1.165, 1.54) is 4.90 Å². The van der Waals surface area contributed by atoms with Gasteiger partial charge in [0.15, 0.2) is 0 Å². The van der Waals surface area contributed by atoms with Gasteiger partial charge in [-0.05, 0) is 49.1 Å². The number of carbonyl (C=O) groups is 2. The Kier molecular flexibility index (Phi) is 5.69. The molecule has 0 spiro atoms. The van der Waals surface area contributed by atoms with Crippen molar-refractivity contribution in [2.75, 3.05) is 11.9 Å². The minimum atomic E-state index is -1.09. The van der Waals surface area contributed by atoms with Crippen molar-refractivity contribution >= 4 is 17.7 Å². The zero-order chi connectivity index (χ0) is 19.7. The number of rotatable bonds is 3. The fraction of sp³-hybridized carbons (Fsp3) is 0.619. The van der Waals surface area contributed by atoms with Gasteiger partial charge in [0.1, 0.15) is 5.54 Å². The third-order valence-corrected chi connectivity index (χ3v) is 5.95.